The Morgan fingerprint density at radius 2 is 1.92 bits per heavy atom. The van der Waals surface area contributed by atoms with Gasteiger partial charge in [0.1, 0.15) is 10.6 Å². The van der Waals surface area contributed by atoms with Crippen LogP contribution in [0.4, 0.5) is 11.6 Å². The van der Waals surface area contributed by atoms with Crippen LogP contribution in [0.2, 0.25) is 0 Å². The summed E-state index contributed by atoms with van der Waals surface area (Å²) in [5.74, 6) is -1.15. The highest BCUT2D eigenvalue weighted by Crippen LogP contribution is 2.23. The summed E-state index contributed by atoms with van der Waals surface area (Å²) in [7, 11) is 0. The molecule has 0 unspecified atom stereocenters. The zero-order valence-corrected chi connectivity index (χ0v) is 13.3. The molecule has 0 saturated carbocycles. The first-order valence-corrected chi connectivity index (χ1v) is 7.70. The van der Waals surface area contributed by atoms with Gasteiger partial charge in [-0.2, -0.15) is 0 Å². The Hall–Kier alpha value is -3.94. The highest BCUT2D eigenvalue weighted by atomic mass is 16.6. The predicted molar refractivity (Wildman–Crippen MR) is 93.9 cm³/mol. The maximum Gasteiger partial charge on any atom is 0.433 e. The van der Waals surface area contributed by atoms with Gasteiger partial charge >= 0.3 is 5.88 Å². The Morgan fingerprint density at radius 1 is 1.12 bits per heavy atom. The van der Waals surface area contributed by atoms with Crippen molar-refractivity contribution in [1.82, 2.24) is 9.38 Å². The molecule has 0 spiro atoms. The second kappa shape index (κ2) is 6.17. The van der Waals surface area contributed by atoms with E-state index in [-0.39, 0.29) is 5.76 Å². The molecule has 128 valence electrons. The number of nitrogens with one attached hydrogen (secondary N) is 1. The zero-order valence-electron chi connectivity index (χ0n) is 13.3. The number of nitrogens with zero attached hydrogens (tertiary/aromatic N) is 3. The minimum absolute atomic E-state index is 0.123. The van der Waals surface area contributed by atoms with Crippen molar-refractivity contribution in [3.05, 3.63) is 82.9 Å². The van der Waals surface area contributed by atoms with E-state index in [1.54, 1.807) is 18.3 Å². The van der Waals surface area contributed by atoms with E-state index in [2.05, 4.69) is 10.3 Å². The van der Waals surface area contributed by atoms with Gasteiger partial charge in [-0.05, 0) is 30.3 Å². The van der Waals surface area contributed by atoms with Crippen LogP contribution in [0, 0.1) is 10.1 Å². The molecule has 0 bridgehead atoms. The van der Waals surface area contributed by atoms with Gasteiger partial charge in [0, 0.05) is 17.4 Å². The Kier molecular flexibility index (Phi) is 3.70. The van der Waals surface area contributed by atoms with Crippen LogP contribution in [0.15, 0.2) is 71.4 Å². The molecule has 4 rings (SSSR count). The van der Waals surface area contributed by atoms with Crippen LogP contribution >= 0.6 is 0 Å². The monoisotopic (exact) mass is 348 g/mol. The van der Waals surface area contributed by atoms with Gasteiger partial charge in [-0.1, -0.05) is 18.2 Å². The molecule has 0 atom stereocenters. The third-order valence-corrected chi connectivity index (χ3v) is 3.85. The van der Waals surface area contributed by atoms with Crippen molar-refractivity contribution < 1.29 is 14.1 Å². The van der Waals surface area contributed by atoms with Crippen LogP contribution in [0.5, 0.6) is 0 Å². The molecular formula is C18H12N4O4. The van der Waals surface area contributed by atoms with Crippen LogP contribution in [0.1, 0.15) is 10.6 Å². The lowest BCUT2D eigenvalue weighted by Gasteiger charge is -2.05. The third-order valence-electron chi connectivity index (χ3n) is 3.85. The number of rotatable bonds is 4. The molecular weight excluding hydrogens is 336 g/mol. The molecule has 1 N–H and O–H groups in total. The van der Waals surface area contributed by atoms with Crippen LogP contribution in [-0.4, -0.2) is 20.2 Å². The van der Waals surface area contributed by atoms with Gasteiger partial charge in [0.15, 0.2) is 5.76 Å². The summed E-state index contributed by atoms with van der Waals surface area (Å²) in [6.07, 6.45) is 3.71. The lowest BCUT2D eigenvalue weighted by Crippen LogP contribution is -2.10. The number of aromatic nitrogens is 2. The average Bonchev–Trinajstić information content (AvgIpc) is 3.30. The number of furan rings is 1. The maximum atomic E-state index is 12.1. The van der Waals surface area contributed by atoms with E-state index >= 15 is 0 Å². The number of carbonyl (C=O) groups is 1. The van der Waals surface area contributed by atoms with Gasteiger partial charge in [-0.15, -0.1) is 0 Å². The number of hydrogen-bond acceptors (Lipinski definition) is 5. The van der Waals surface area contributed by atoms with Gasteiger partial charge in [-0.25, -0.2) is 4.98 Å². The first kappa shape index (κ1) is 15.6. The summed E-state index contributed by atoms with van der Waals surface area (Å²) in [5, 5.41) is 13.3. The van der Waals surface area contributed by atoms with E-state index in [4.69, 9.17) is 4.42 Å². The van der Waals surface area contributed by atoms with E-state index in [0.717, 1.165) is 23.0 Å². The van der Waals surface area contributed by atoms with Crippen LogP contribution in [-0.2, 0) is 0 Å². The quantitative estimate of drug-likeness (QED) is 0.447. The topological polar surface area (TPSA) is 103 Å². The zero-order chi connectivity index (χ0) is 18.1. The van der Waals surface area contributed by atoms with Gasteiger partial charge in [0.2, 0.25) is 0 Å². The van der Waals surface area contributed by atoms with Crippen molar-refractivity contribution in [2.75, 3.05) is 5.32 Å². The average molecular weight is 348 g/mol. The van der Waals surface area contributed by atoms with E-state index in [1.165, 1.54) is 6.07 Å². The number of benzene rings is 1. The van der Waals surface area contributed by atoms with Gasteiger partial charge in [-0.3, -0.25) is 19.3 Å². The first-order valence-electron chi connectivity index (χ1n) is 7.70. The smallest absolute Gasteiger partial charge is 0.395 e. The molecule has 3 heterocycles. The lowest BCUT2D eigenvalue weighted by atomic mass is 10.1. The number of carbonyl (C=O) groups excluding carboxylic acids is 1. The fraction of sp³-hybridized carbons (Fsp3) is 0. The second-order valence-corrected chi connectivity index (χ2v) is 5.50. The maximum absolute atomic E-state index is 12.1. The summed E-state index contributed by atoms with van der Waals surface area (Å²) < 4.78 is 6.86. The second-order valence-electron chi connectivity index (χ2n) is 5.50. The summed E-state index contributed by atoms with van der Waals surface area (Å²) >= 11 is 0. The fourth-order valence-corrected chi connectivity index (χ4v) is 2.61. The van der Waals surface area contributed by atoms with E-state index in [0.29, 0.717) is 5.69 Å². The van der Waals surface area contributed by atoms with Crippen molar-refractivity contribution >= 4 is 23.1 Å². The number of pyridine rings is 1. The molecule has 26 heavy (non-hydrogen) atoms. The number of fused-ring (bicyclic) bond motifs is 1. The first-order chi connectivity index (χ1) is 12.6. The van der Waals surface area contributed by atoms with E-state index in [9.17, 15) is 14.9 Å². The van der Waals surface area contributed by atoms with Crippen molar-refractivity contribution in [1.29, 1.82) is 0 Å². The highest BCUT2D eigenvalue weighted by molar-refractivity contribution is 6.02. The summed E-state index contributed by atoms with van der Waals surface area (Å²) in [5.41, 5.74) is 3.27. The standard InChI is InChI=1S/C18H12N4O4/c23-18(15-8-9-17(26-15)22(24)25)20-13-6-4-12(5-7-13)14-11-19-16-3-1-2-10-21(14)16/h1-11H,(H,20,23). The molecule has 0 aliphatic carbocycles. The molecule has 8 heteroatoms. The number of imidazole rings is 1. The molecule has 1 amide bonds. The van der Waals surface area contributed by atoms with Crippen molar-refractivity contribution in [2.45, 2.75) is 0 Å². The Labute approximate surface area is 146 Å². The van der Waals surface area contributed by atoms with Gasteiger partial charge in [0.05, 0.1) is 18.0 Å². The molecule has 0 radical (unpaired) electrons. The predicted octanol–water partition coefficient (Wildman–Crippen LogP) is 3.75. The van der Waals surface area contributed by atoms with Crippen LogP contribution in [0.25, 0.3) is 16.9 Å². The van der Waals surface area contributed by atoms with Gasteiger partial charge < -0.3 is 9.73 Å². The van der Waals surface area contributed by atoms with E-state index < -0.39 is 16.7 Å². The number of amides is 1. The molecule has 0 aliphatic heterocycles. The fourth-order valence-electron chi connectivity index (χ4n) is 2.61. The van der Waals surface area contributed by atoms with Crippen molar-refractivity contribution in [3.8, 4) is 11.3 Å². The molecule has 0 fully saturated rings. The molecule has 4 aromatic rings. The molecule has 8 nitrogen and oxygen atoms in total. The summed E-state index contributed by atoms with van der Waals surface area (Å²) in [6.45, 7) is 0. The third kappa shape index (κ3) is 2.80. The Bertz CT molecular complexity index is 1110. The lowest BCUT2D eigenvalue weighted by molar-refractivity contribution is -0.402. The largest absolute Gasteiger partial charge is 0.433 e. The number of hydrogen-bond donors (Lipinski definition) is 1. The van der Waals surface area contributed by atoms with Crippen molar-refractivity contribution in [2.24, 2.45) is 0 Å². The van der Waals surface area contributed by atoms with Gasteiger partial charge in [0.25, 0.3) is 5.91 Å². The van der Waals surface area contributed by atoms with Crippen LogP contribution in [0.3, 0.4) is 0 Å². The minimum Gasteiger partial charge on any atom is -0.395 e. The molecule has 0 aliphatic rings. The molecule has 0 saturated heterocycles. The molecule has 1 aromatic carbocycles. The SMILES string of the molecule is O=C(Nc1ccc(-c2cnc3ccccn23)cc1)c1ccc([N+](=O)[O-])o1. The van der Waals surface area contributed by atoms with Crippen molar-refractivity contribution in [3.63, 3.8) is 0 Å². The minimum atomic E-state index is -0.693. The number of anilines is 1. The normalized spacial score (nSPS) is 10.8. The highest BCUT2D eigenvalue weighted by Gasteiger charge is 2.17. The summed E-state index contributed by atoms with van der Waals surface area (Å²) in [6, 6.07) is 15.4. The summed E-state index contributed by atoms with van der Waals surface area (Å²) in [4.78, 5) is 26.4. The Balaban J connectivity index is 1.54. The van der Waals surface area contributed by atoms with Crippen LogP contribution < -0.4 is 5.32 Å². The number of nitro groups is 1. The Morgan fingerprint density at radius 3 is 2.65 bits per heavy atom. The molecule has 3 aromatic heterocycles. The van der Waals surface area contributed by atoms with E-state index in [1.807, 2.05) is 40.9 Å².